The maximum Gasteiger partial charge on any atom is 0.348 e. The van der Waals surface area contributed by atoms with Crippen molar-refractivity contribution in [3.05, 3.63) is 41.7 Å². The summed E-state index contributed by atoms with van der Waals surface area (Å²) in [4.78, 5) is 12.1. The number of carbonyl (C=O) groups is 1. The van der Waals surface area contributed by atoms with Gasteiger partial charge in [-0.15, -0.1) is 0 Å². The van der Waals surface area contributed by atoms with Crippen molar-refractivity contribution in [2.24, 2.45) is 0 Å². The molecule has 2 aliphatic rings. The molecule has 0 unspecified atom stereocenters. The van der Waals surface area contributed by atoms with Crippen molar-refractivity contribution in [1.29, 1.82) is 0 Å². The first-order valence-electron chi connectivity index (χ1n) is 12.2. The molecule has 0 spiro atoms. The Labute approximate surface area is 205 Å². The van der Waals surface area contributed by atoms with Crippen LogP contribution in [0.3, 0.4) is 0 Å². The lowest BCUT2D eigenvalue weighted by atomic mass is 9.93. The van der Waals surface area contributed by atoms with Gasteiger partial charge >= 0.3 is 5.97 Å². The Morgan fingerprint density at radius 3 is 2.51 bits per heavy atom. The number of methoxy groups -OCH3 is 1. The first kappa shape index (κ1) is 25.3. The third kappa shape index (κ3) is 5.70. The van der Waals surface area contributed by atoms with Crippen LogP contribution in [0.25, 0.3) is 11.1 Å². The zero-order valence-corrected chi connectivity index (χ0v) is 20.3. The Kier molecular flexibility index (Phi) is 8.13. The van der Waals surface area contributed by atoms with E-state index in [-0.39, 0.29) is 31.3 Å². The van der Waals surface area contributed by atoms with Gasteiger partial charge in [-0.3, -0.25) is 0 Å². The van der Waals surface area contributed by atoms with Crippen molar-refractivity contribution in [3.63, 3.8) is 0 Å². The minimum atomic E-state index is -1.35. The van der Waals surface area contributed by atoms with Crippen LogP contribution in [0.1, 0.15) is 51.0 Å². The molecule has 2 fully saturated rings. The number of rotatable bonds is 10. The average Bonchev–Trinajstić information content (AvgIpc) is 3.39. The van der Waals surface area contributed by atoms with E-state index in [1.165, 1.54) is 13.2 Å². The van der Waals surface area contributed by atoms with E-state index >= 15 is 4.39 Å². The second-order valence-electron chi connectivity index (χ2n) is 8.97. The fourth-order valence-electron chi connectivity index (χ4n) is 4.71. The summed E-state index contributed by atoms with van der Waals surface area (Å²) >= 11 is 0. The third-order valence-electron chi connectivity index (χ3n) is 6.70. The number of hydrogen-bond donors (Lipinski definition) is 1. The van der Waals surface area contributed by atoms with Crippen LogP contribution in [0, 0.1) is 5.82 Å². The largest absolute Gasteiger partial charge is 0.497 e. The lowest BCUT2D eigenvalue weighted by Crippen LogP contribution is -2.49. The highest BCUT2D eigenvalue weighted by molar-refractivity contribution is 5.78. The molecule has 0 bridgehead atoms. The highest BCUT2D eigenvalue weighted by Crippen LogP contribution is 2.39. The molecule has 190 valence electrons. The molecule has 0 aromatic heterocycles. The summed E-state index contributed by atoms with van der Waals surface area (Å²) in [5, 5.41) is 9.89. The van der Waals surface area contributed by atoms with Crippen LogP contribution in [-0.4, -0.2) is 49.7 Å². The summed E-state index contributed by atoms with van der Waals surface area (Å²) in [6.07, 6.45) is 4.91. The van der Waals surface area contributed by atoms with Gasteiger partial charge in [0, 0.05) is 24.5 Å². The topological polar surface area (TPSA) is 83.5 Å². The fourth-order valence-corrected chi connectivity index (χ4v) is 4.71. The van der Waals surface area contributed by atoms with E-state index in [2.05, 4.69) is 0 Å². The van der Waals surface area contributed by atoms with E-state index in [4.69, 9.17) is 23.7 Å². The van der Waals surface area contributed by atoms with Gasteiger partial charge in [0.25, 0.3) is 0 Å². The number of carboxylic acids is 1. The first-order chi connectivity index (χ1) is 17.0. The molecule has 1 heterocycles. The number of hydrogen-bond acceptors (Lipinski definition) is 6. The van der Waals surface area contributed by atoms with Crippen LogP contribution in [-0.2, 0) is 20.9 Å². The van der Waals surface area contributed by atoms with E-state index in [1.54, 1.807) is 31.2 Å². The zero-order chi connectivity index (χ0) is 24.8. The molecule has 1 saturated carbocycles. The monoisotopic (exact) mass is 488 g/mol. The second-order valence-corrected chi connectivity index (χ2v) is 8.97. The fraction of sp³-hybridized carbons (Fsp3) is 0.519. The average molecular weight is 489 g/mol. The molecule has 35 heavy (non-hydrogen) atoms. The molecule has 1 N–H and O–H groups in total. The van der Waals surface area contributed by atoms with Crippen molar-refractivity contribution in [1.82, 2.24) is 0 Å². The quantitative estimate of drug-likeness (QED) is 0.481. The molecule has 1 saturated heterocycles. The van der Waals surface area contributed by atoms with Gasteiger partial charge in [0.1, 0.15) is 11.5 Å². The number of carboxylic acid groups (broad SMARTS) is 1. The van der Waals surface area contributed by atoms with Crippen LogP contribution < -0.4 is 14.2 Å². The summed E-state index contributed by atoms with van der Waals surface area (Å²) < 4.78 is 43.9. The SMILES string of the molecule is CCOc1cc(OC)cc(-c2ccc(OC3(C(=O)O)CCOCC3)cc2COC2CCCC2)c1F. The van der Waals surface area contributed by atoms with Gasteiger partial charge in [-0.1, -0.05) is 18.9 Å². The molecule has 7 nitrogen and oxygen atoms in total. The molecule has 2 aromatic carbocycles. The Hall–Kier alpha value is -2.84. The van der Waals surface area contributed by atoms with Gasteiger partial charge in [-0.25, -0.2) is 9.18 Å². The molecular weight excluding hydrogens is 455 g/mol. The van der Waals surface area contributed by atoms with Crippen LogP contribution in [0.4, 0.5) is 4.39 Å². The van der Waals surface area contributed by atoms with Gasteiger partial charge in [0.05, 0.1) is 39.6 Å². The third-order valence-corrected chi connectivity index (χ3v) is 6.70. The van der Waals surface area contributed by atoms with E-state index in [9.17, 15) is 9.90 Å². The Morgan fingerprint density at radius 1 is 1.11 bits per heavy atom. The lowest BCUT2D eigenvalue weighted by molar-refractivity contribution is -0.163. The van der Waals surface area contributed by atoms with Crippen molar-refractivity contribution in [2.45, 2.75) is 63.8 Å². The summed E-state index contributed by atoms with van der Waals surface area (Å²) in [6.45, 7) is 2.99. The minimum Gasteiger partial charge on any atom is -0.497 e. The molecule has 1 aliphatic carbocycles. The number of ether oxygens (including phenoxy) is 5. The van der Waals surface area contributed by atoms with Gasteiger partial charge in [0.2, 0.25) is 5.60 Å². The molecule has 0 amide bonds. The van der Waals surface area contributed by atoms with Gasteiger partial charge in [0.15, 0.2) is 11.6 Å². The number of halogens is 1. The van der Waals surface area contributed by atoms with Crippen molar-refractivity contribution in [2.75, 3.05) is 26.9 Å². The second kappa shape index (κ2) is 11.3. The van der Waals surface area contributed by atoms with E-state index in [0.29, 0.717) is 48.0 Å². The Balaban J connectivity index is 1.72. The Morgan fingerprint density at radius 2 is 1.86 bits per heavy atom. The predicted octanol–water partition coefficient (Wildman–Crippen LogP) is 5.37. The summed E-state index contributed by atoms with van der Waals surface area (Å²) in [5.74, 6) is -0.531. The standard InChI is InChI=1S/C27H33FO7/c1-3-33-24-16-21(31-2)15-23(25(24)28)22-9-8-20(14-18(22)17-34-19-6-4-5-7-19)35-27(26(29)30)10-12-32-13-11-27/h8-9,14-16,19H,3-7,10-13,17H2,1-2H3,(H,29,30). The Bertz CT molecular complexity index is 1030. The van der Waals surface area contributed by atoms with E-state index < -0.39 is 17.4 Å². The van der Waals surface area contributed by atoms with Gasteiger partial charge < -0.3 is 28.8 Å². The lowest BCUT2D eigenvalue weighted by Gasteiger charge is -2.33. The maximum absolute atomic E-state index is 15.5. The predicted molar refractivity (Wildman–Crippen MR) is 128 cm³/mol. The molecule has 2 aromatic rings. The van der Waals surface area contributed by atoms with E-state index in [0.717, 1.165) is 25.7 Å². The zero-order valence-electron chi connectivity index (χ0n) is 20.3. The smallest absolute Gasteiger partial charge is 0.348 e. The summed E-state index contributed by atoms with van der Waals surface area (Å²) in [6, 6.07) is 8.32. The first-order valence-corrected chi connectivity index (χ1v) is 12.2. The molecule has 8 heteroatoms. The van der Waals surface area contributed by atoms with Crippen molar-refractivity contribution in [3.8, 4) is 28.4 Å². The van der Waals surface area contributed by atoms with Crippen LogP contribution >= 0.6 is 0 Å². The highest BCUT2D eigenvalue weighted by Gasteiger charge is 2.43. The molecular formula is C27H33FO7. The van der Waals surface area contributed by atoms with Crippen LogP contribution in [0.2, 0.25) is 0 Å². The van der Waals surface area contributed by atoms with Crippen molar-refractivity contribution < 1.29 is 38.0 Å². The molecule has 0 radical (unpaired) electrons. The van der Waals surface area contributed by atoms with Crippen LogP contribution in [0.15, 0.2) is 30.3 Å². The molecule has 0 atom stereocenters. The van der Waals surface area contributed by atoms with Gasteiger partial charge in [-0.05, 0) is 49.1 Å². The highest BCUT2D eigenvalue weighted by atomic mass is 19.1. The number of aliphatic carboxylic acids is 1. The van der Waals surface area contributed by atoms with Crippen molar-refractivity contribution >= 4 is 5.97 Å². The maximum atomic E-state index is 15.5. The van der Waals surface area contributed by atoms with E-state index in [1.807, 2.05) is 0 Å². The summed E-state index contributed by atoms with van der Waals surface area (Å²) in [5.41, 5.74) is 0.288. The molecule has 4 rings (SSSR count). The minimum absolute atomic E-state index is 0.108. The number of benzene rings is 2. The normalized spacial score (nSPS) is 17.8. The van der Waals surface area contributed by atoms with Gasteiger partial charge in [-0.2, -0.15) is 0 Å². The molecule has 1 aliphatic heterocycles. The van der Waals surface area contributed by atoms with Crippen LogP contribution in [0.5, 0.6) is 17.2 Å². The summed E-state index contributed by atoms with van der Waals surface area (Å²) in [7, 11) is 1.52.